The van der Waals surface area contributed by atoms with Crippen LogP contribution in [0.5, 0.6) is 0 Å². The van der Waals surface area contributed by atoms with Crippen molar-refractivity contribution in [3.8, 4) is 0 Å². The monoisotopic (exact) mass is 294 g/mol. The molecule has 0 saturated heterocycles. The summed E-state index contributed by atoms with van der Waals surface area (Å²) >= 11 is 0. The van der Waals surface area contributed by atoms with Crippen LogP contribution >= 0.6 is 8.46 Å². The Kier molecular flexibility index (Phi) is 8.17. The first-order valence-electron chi connectivity index (χ1n) is 6.79. The molecule has 20 heavy (non-hydrogen) atoms. The summed E-state index contributed by atoms with van der Waals surface area (Å²) in [6.45, 7) is 9.38. The molecule has 1 aromatic rings. The highest BCUT2D eigenvalue weighted by molar-refractivity contribution is 7.25. The standard InChI is InChI=1S/C14H17O3P.C2H6/c1-10-4-6-11(7-5-10)12(15)8-14(2,3)13(16)9-18-17;1-2/h4-7H,8-9H2,1-3H3;1-2H3. The molecule has 0 saturated carbocycles. The average Bonchev–Trinajstić information content (AvgIpc) is 2.41. The Hall–Kier alpha value is -1.34. The van der Waals surface area contributed by atoms with Crippen molar-refractivity contribution >= 4 is 20.0 Å². The molecule has 0 aliphatic carbocycles. The van der Waals surface area contributed by atoms with Crippen molar-refractivity contribution in [3.63, 3.8) is 0 Å². The van der Waals surface area contributed by atoms with E-state index in [1.807, 2.05) is 32.9 Å². The largest absolute Gasteiger partial charge is 0.298 e. The van der Waals surface area contributed by atoms with Crippen LogP contribution in [0.4, 0.5) is 0 Å². The molecule has 0 bridgehead atoms. The van der Waals surface area contributed by atoms with Gasteiger partial charge in [-0.25, -0.2) is 0 Å². The topological polar surface area (TPSA) is 51.2 Å². The summed E-state index contributed by atoms with van der Waals surface area (Å²) in [5, 5.41) is 0. The minimum absolute atomic E-state index is 0.0336. The summed E-state index contributed by atoms with van der Waals surface area (Å²) in [5.74, 6) is -0.212. The first-order valence-corrected chi connectivity index (χ1v) is 7.79. The van der Waals surface area contributed by atoms with E-state index in [0.717, 1.165) is 5.56 Å². The zero-order valence-corrected chi connectivity index (χ0v) is 13.8. The number of carbonyl (C=O) groups excluding carboxylic acids is 2. The van der Waals surface area contributed by atoms with Gasteiger partial charge >= 0.3 is 0 Å². The SMILES string of the molecule is CC.Cc1ccc(C(=O)CC(C)(C)C(=O)CP=O)cc1. The van der Waals surface area contributed by atoms with E-state index in [4.69, 9.17) is 0 Å². The molecular weight excluding hydrogens is 271 g/mol. The Labute approximate surface area is 123 Å². The van der Waals surface area contributed by atoms with Gasteiger partial charge in [0.1, 0.15) is 5.78 Å². The summed E-state index contributed by atoms with van der Waals surface area (Å²) in [6, 6.07) is 7.28. The summed E-state index contributed by atoms with van der Waals surface area (Å²) in [5.41, 5.74) is 0.938. The highest BCUT2D eigenvalue weighted by Crippen LogP contribution is 2.25. The van der Waals surface area contributed by atoms with Crippen LogP contribution in [0.1, 0.15) is 50.0 Å². The third-order valence-corrected chi connectivity index (χ3v) is 3.36. The molecule has 110 valence electrons. The average molecular weight is 294 g/mol. The van der Waals surface area contributed by atoms with Gasteiger partial charge in [-0.3, -0.25) is 14.2 Å². The third-order valence-electron chi connectivity index (χ3n) is 2.94. The normalized spacial score (nSPS) is 10.7. The second kappa shape index (κ2) is 8.76. The van der Waals surface area contributed by atoms with E-state index in [1.54, 1.807) is 26.0 Å². The molecule has 1 aromatic carbocycles. The van der Waals surface area contributed by atoms with E-state index >= 15 is 0 Å². The van der Waals surface area contributed by atoms with Crippen molar-refractivity contribution in [3.05, 3.63) is 35.4 Å². The number of benzene rings is 1. The van der Waals surface area contributed by atoms with Crippen LogP contribution in [0.15, 0.2) is 24.3 Å². The molecule has 0 aromatic heterocycles. The highest BCUT2D eigenvalue weighted by Gasteiger charge is 2.30. The van der Waals surface area contributed by atoms with Gasteiger partial charge in [-0.05, 0) is 6.92 Å². The molecule has 0 radical (unpaired) electrons. The fraction of sp³-hybridized carbons (Fsp3) is 0.500. The van der Waals surface area contributed by atoms with Gasteiger partial charge in [-0.1, -0.05) is 57.5 Å². The van der Waals surface area contributed by atoms with Gasteiger partial charge in [0.25, 0.3) is 0 Å². The number of rotatable bonds is 6. The molecule has 4 heteroatoms. The Bertz CT molecular complexity index is 461. The maximum atomic E-state index is 12.0. The minimum Gasteiger partial charge on any atom is -0.298 e. The van der Waals surface area contributed by atoms with Crippen molar-refractivity contribution in [2.24, 2.45) is 5.41 Å². The van der Waals surface area contributed by atoms with E-state index < -0.39 is 5.41 Å². The number of carbonyl (C=O) groups is 2. The van der Waals surface area contributed by atoms with Gasteiger partial charge in [-0.2, -0.15) is 0 Å². The fourth-order valence-corrected chi connectivity index (χ4v) is 2.16. The third kappa shape index (κ3) is 5.75. The highest BCUT2D eigenvalue weighted by atomic mass is 31.1. The molecular formula is C16H23O3P. The molecule has 0 atom stereocenters. The maximum Gasteiger partial charge on any atom is 0.163 e. The van der Waals surface area contributed by atoms with E-state index in [1.165, 1.54) is 0 Å². The summed E-state index contributed by atoms with van der Waals surface area (Å²) < 4.78 is 10.4. The van der Waals surface area contributed by atoms with E-state index in [-0.39, 0.29) is 32.6 Å². The van der Waals surface area contributed by atoms with Crippen LogP contribution in [-0.2, 0) is 9.36 Å². The van der Waals surface area contributed by atoms with Crippen LogP contribution in [-0.4, -0.2) is 17.7 Å². The molecule has 0 N–H and O–H groups in total. The number of hydrogen-bond acceptors (Lipinski definition) is 3. The summed E-state index contributed by atoms with van der Waals surface area (Å²) in [6.07, 6.45) is 0.110. The maximum absolute atomic E-state index is 12.0. The van der Waals surface area contributed by atoms with Gasteiger partial charge in [0.2, 0.25) is 0 Å². The summed E-state index contributed by atoms with van der Waals surface area (Å²) in [4.78, 5) is 23.8. The minimum atomic E-state index is -0.765. The molecule has 1 rings (SSSR count). The Morgan fingerprint density at radius 2 is 1.60 bits per heavy atom. The lowest BCUT2D eigenvalue weighted by Crippen LogP contribution is -2.28. The van der Waals surface area contributed by atoms with E-state index in [9.17, 15) is 14.2 Å². The van der Waals surface area contributed by atoms with Gasteiger partial charge in [0.05, 0.1) is 6.16 Å². The van der Waals surface area contributed by atoms with E-state index in [0.29, 0.717) is 5.56 Å². The first-order chi connectivity index (χ1) is 9.36. The molecule has 0 spiro atoms. The Balaban J connectivity index is 0.00000172. The van der Waals surface area contributed by atoms with Crippen molar-refractivity contribution in [1.29, 1.82) is 0 Å². The lowest BCUT2D eigenvalue weighted by molar-refractivity contribution is -0.124. The molecule has 0 heterocycles. The van der Waals surface area contributed by atoms with Gasteiger partial charge in [-0.15, -0.1) is 0 Å². The van der Waals surface area contributed by atoms with Crippen LogP contribution < -0.4 is 0 Å². The lowest BCUT2D eigenvalue weighted by atomic mass is 9.82. The van der Waals surface area contributed by atoms with Gasteiger partial charge < -0.3 is 0 Å². The second-order valence-corrected chi connectivity index (χ2v) is 5.63. The first kappa shape index (κ1) is 18.7. The fourth-order valence-electron chi connectivity index (χ4n) is 1.61. The molecule has 0 fully saturated rings. The van der Waals surface area contributed by atoms with Crippen LogP contribution in [0.25, 0.3) is 0 Å². The van der Waals surface area contributed by atoms with Crippen molar-refractivity contribution in [2.75, 3.05) is 6.16 Å². The van der Waals surface area contributed by atoms with Gasteiger partial charge in [0, 0.05) is 17.4 Å². The molecule has 0 aliphatic rings. The van der Waals surface area contributed by atoms with Crippen molar-refractivity contribution < 1.29 is 14.2 Å². The van der Waals surface area contributed by atoms with Crippen LogP contribution in [0.2, 0.25) is 0 Å². The molecule has 3 nitrogen and oxygen atoms in total. The predicted octanol–water partition coefficient (Wildman–Crippen LogP) is 4.48. The lowest BCUT2D eigenvalue weighted by Gasteiger charge is -2.20. The quantitative estimate of drug-likeness (QED) is 0.574. The Morgan fingerprint density at radius 1 is 1.10 bits per heavy atom. The zero-order valence-electron chi connectivity index (χ0n) is 12.9. The predicted molar refractivity (Wildman–Crippen MR) is 82.7 cm³/mol. The Morgan fingerprint density at radius 3 is 2.05 bits per heavy atom. The smallest absolute Gasteiger partial charge is 0.163 e. The van der Waals surface area contributed by atoms with Crippen LogP contribution in [0.3, 0.4) is 0 Å². The molecule has 0 amide bonds. The molecule has 0 unspecified atom stereocenters. The van der Waals surface area contributed by atoms with Gasteiger partial charge in [0.15, 0.2) is 14.2 Å². The van der Waals surface area contributed by atoms with Crippen molar-refractivity contribution in [1.82, 2.24) is 0 Å². The number of Topliss-reactive ketones (excluding diaryl/α,β-unsaturated/α-hetero) is 2. The number of ketones is 2. The van der Waals surface area contributed by atoms with E-state index in [2.05, 4.69) is 0 Å². The zero-order chi connectivity index (χ0) is 15.8. The number of aryl methyl sites for hydroxylation is 1. The number of hydrogen-bond donors (Lipinski definition) is 0. The summed E-state index contributed by atoms with van der Waals surface area (Å²) in [7, 11) is -0.194. The van der Waals surface area contributed by atoms with Crippen molar-refractivity contribution in [2.45, 2.75) is 41.0 Å². The second-order valence-electron chi connectivity index (χ2n) is 5.06. The molecule has 0 aliphatic heterocycles. The van der Waals surface area contributed by atoms with Crippen LogP contribution in [0, 0.1) is 12.3 Å².